The summed E-state index contributed by atoms with van der Waals surface area (Å²) in [5.41, 5.74) is 4.00. The van der Waals surface area contributed by atoms with E-state index in [9.17, 15) is 4.79 Å². The van der Waals surface area contributed by atoms with Gasteiger partial charge in [-0.1, -0.05) is 12.1 Å². The van der Waals surface area contributed by atoms with E-state index in [4.69, 9.17) is 0 Å². The van der Waals surface area contributed by atoms with Gasteiger partial charge in [0.1, 0.15) is 0 Å². The Labute approximate surface area is 165 Å². The maximum Gasteiger partial charge on any atom is 0.322 e. The number of hydrogen-bond acceptors (Lipinski definition) is 4. The first-order chi connectivity index (χ1) is 13.5. The van der Waals surface area contributed by atoms with E-state index in [1.165, 1.54) is 11.3 Å². The van der Waals surface area contributed by atoms with Gasteiger partial charge >= 0.3 is 6.03 Å². The number of amides is 2. The average Bonchev–Trinajstić information content (AvgIpc) is 3.11. The molecular formula is C21H26N6O. The molecule has 0 aliphatic carbocycles. The van der Waals surface area contributed by atoms with Gasteiger partial charge in [-0.25, -0.2) is 14.5 Å². The first-order valence-corrected chi connectivity index (χ1v) is 9.72. The number of fused-ring (bicyclic) bond motifs is 1. The molecule has 0 saturated carbocycles. The van der Waals surface area contributed by atoms with Crippen molar-refractivity contribution in [3.05, 3.63) is 48.3 Å². The van der Waals surface area contributed by atoms with E-state index >= 15 is 0 Å². The second kappa shape index (κ2) is 7.50. The van der Waals surface area contributed by atoms with E-state index < -0.39 is 0 Å². The fourth-order valence-electron chi connectivity index (χ4n) is 3.58. The molecule has 0 unspecified atom stereocenters. The number of pyridine rings is 1. The third kappa shape index (κ3) is 3.65. The zero-order chi connectivity index (χ0) is 19.7. The summed E-state index contributed by atoms with van der Waals surface area (Å²) in [5.74, 6) is 0. The summed E-state index contributed by atoms with van der Waals surface area (Å²) in [5, 5.41) is 8.28. The highest BCUT2D eigenvalue weighted by Gasteiger charge is 2.21. The molecule has 0 spiro atoms. The number of anilines is 2. The Bertz CT molecular complexity index is 987. The molecule has 0 radical (unpaired) electrons. The molecule has 2 aromatic heterocycles. The number of aromatic nitrogens is 3. The van der Waals surface area contributed by atoms with Crippen LogP contribution in [0.5, 0.6) is 0 Å². The number of benzene rings is 1. The van der Waals surface area contributed by atoms with Crippen LogP contribution in [0.25, 0.3) is 11.0 Å². The zero-order valence-electron chi connectivity index (χ0n) is 16.6. The van der Waals surface area contributed by atoms with E-state index in [1.807, 2.05) is 15.6 Å². The number of piperazine rings is 1. The standard InChI is InChI=1S/C21H26N6O/c1-15(2)27-20-17(13-23-27)12-18(14-22-20)24-21(28)26-9-7-25(8-10-26)19-6-4-5-16(3)11-19/h4-6,11-15H,7-10H2,1-3H3,(H,24,28). The highest BCUT2D eigenvalue weighted by molar-refractivity contribution is 5.91. The van der Waals surface area contributed by atoms with Crippen LogP contribution < -0.4 is 10.2 Å². The zero-order valence-corrected chi connectivity index (χ0v) is 16.6. The minimum Gasteiger partial charge on any atom is -0.368 e. The molecule has 7 heteroatoms. The Hall–Kier alpha value is -3.09. The van der Waals surface area contributed by atoms with Crippen LogP contribution in [0.2, 0.25) is 0 Å². The number of carbonyl (C=O) groups is 1. The van der Waals surface area contributed by atoms with Crippen LogP contribution >= 0.6 is 0 Å². The van der Waals surface area contributed by atoms with Gasteiger partial charge in [-0.3, -0.25) is 0 Å². The van der Waals surface area contributed by atoms with E-state index in [2.05, 4.69) is 65.3 Å². The lowest BCUT2D eigenvalue weighted by Crippen LogP contribution is -2.50. The molecule has 7 nitrogen and oxygen atoms in total. The van der Waals surface area contributed by atoms with Gasteiger partial charge in [-0.05, 0) is 44.5 Å². The molecule has 1 aliphatic rings. The van der Waals surface area contributed by atoms with Crippen molar-refractivity contribution >= 4 is 28.4 Å². The van der Waals surface area contributed by atoms with Gasteiger partial charge in [0.15, 0.2) is 5.65 Å². The van der Waals surface area contributed by atoms with Gasteiger partial charge in [0, 0.05) is 43.3 Å². The van der Waals surface area contributed by atoms with Gasteiger partial charge in [0.05, 0.1) is 18.1 Å². The first-order valence-electron chi connectivity index (χ1n) is 9.72. The van der Waals surface area contributed by atoms with Crippen LogP contribution in [0, 0.1) is 6.92 Å². The number of urea groups is 1. The predicted molar refractivity (Wildman–Crippen MR) is 112 cm³/mol. The largest absolute Gasteiger partial charge is 0.368 e. The maximum absolute atomic E-state index is 12.7. The smallest absolute Gasteiger partial charge is 0.322 e. The van der Waals surface area contributed by atoms with E-state index in [1.54, 1.807) is 12.4 Å². The van der Waals surface area contributed by atoms with Crippen LogP contribution in [-0.4, -0.2) is 51.9 Å². The fraction of sp³-hybridized carbons (Fsp3) is 0.381. The van der Waals surface area contributed by atoms with Crippen LogP contribution in [0.15, 0.2) is 42.7 Å². The molecule has 2 amide bonds. The topological polar surface area (TPSA) is 66.3 Å². The first kappa shape index (κ1) is 18.3. The number of hydrogen-bond donors (Lipinski definition) is 1. The SMILES string of the molecule is Cc1cccc(N2CCN(C(=O)Nc3cnc4c(cnn4C(C)C)c3)CC2)c1. The van der Waals surface area contributed by atoms with Crippen LogP contribution in [0.1, 0.15) is 25.5 Å². The maximum atomic E-state index is 12.7. The molecule has 1 aliphatic heterocycles. The minimum atomic E-state index is -0.0821. The van der Waals surface area contributed by atoms with Crippen molar-refractivity contribution in [1.29, 1.82) is 0 Å². The molecule has 0 atom stereocenters. The molecular weight excluding hydrogens is 352 g/mol. The Morgan fingerprint density at radius 2 is 1.89 bits per heavy atom. The van der Waals surface area contributed by atoms with Crippen molar-refractivity contribution in [3.8, 4) is 0 Å². The summed E-state index contributed by atoms with van der Waals surface area (Å²) < 4.78 is 1.88. The predicted octanol–water partition coefficient (Wildman–Crippen LogP) is 3.67. The Kier molecular flexibility index (Phi) is 4.90. The fourth-order valence-corrected chi connectivity index (χ4v) is 3.58. The Morgan fingerprint density at radius 3 is 2.61 bits per heavy atom. The van der Waals surface area contributed by atoms with Crippen molar-refractivity contribution in [2.24, 2.45) is 0 Å². The molecule has 3 aromatic rings. The minimum absolute atomic E-state index is 0.0821. The van der Waals surface area contributed by atoms with E-state index in [0.717, 1.165) is 24.1 Å². The van der Waals surface area contributed by atoms with Crippen molar-refractivity contribution in [2.75, 3.05) is 36.4 Å². The monoisotopic (exact) mass is 378 g/mol. The van der Waals surface area contributed by atoms with Crippen molar-refractivity contribution < 1.29 is 4.79 Å². The van der Waals surface area contributed by atoms with E-state index in [-0.39, 0.29) is 12.1 Å². The lowest BCUT2D eigenvalue weighted by molar-refractivity contribution is 0.208. The summed E-state index contributed by atoms with van der Waals surface area (Å²) in [6, 6.07) is 10.6. The lowest BCUT2D eigenvalue weighted by Gasteiger charge is -2.36. The molecule has 146 valence electrons. The summed E-state index contributed by atoms with van der Waals surface area (Å²) in [6.45, 7) is 9.29. The summed E-state index contributed by atoms with van der Waals surface area (Å²) in [7, 11) is 0. The van der Waals surface area contributed by atoms with Crippen molar-refractivity contribution in [1.82, 2.24) is 19.7 Å². The van der Waals surface area contributed by atoms with Gasteiger partial charge in [-0.2, -0.15) is 5.10 Å². The highest BCUT2D eigenvalue weighted by Crippen LogP contribution is 2.21. The van der Waals surface area contributed by atoms with Crippen LogP contribution in [0.3, 0.4) is 0 Å². The van der Waals surface area contributed by atoms with Gasteiger partial charge in [0.2, 0.25) is 0 Å². The average molecular weight is 378 g/mol. The van der Waals surface area contributed by atoms with Crippen molar-refractivity contribution in [3.63, 3.8) is 0 Å². The quantitative estimate of drug-likeness (QED) is 0.755. The molecule has 1 aromatic carbocycles. The Morgan fingerprint density at radius 1 is 1.11 bits per heavy atom. The number of nitrogens with one attached hydrogen (secondary N) is 1. The summed E-state index contributed by atoms with van der Waals surface area (Å²) >= 11 is 0. The third-order valence-electron chi connectivity index (χ3n) is 5.11. The molecule has 1 N–H and O–H groups in total. The molecule has 3 heterocycles. The number of aryl methyl sites for hydroxylation is 1. The third-order valence-corrected chi connectivity index (χ3v) is 5.11. The molecule has 1 fully saturated rings. The van der Waals surface area contributed by atoms with Crippen LogP contribution in [0.4, 0.5) is 16.2 Å². The summed E-state index contributed by atoms with van der Waals surface area (Å²) in [6.07, 6.45) is 3.49. The van der Waals surface area contributed by atoms with Gasteiger partial charge < -0.3 is 15.1 Å². The highest BCUT2D eigenvalue weighted by atomic mass is 16.2. The normalized spacial score (nSPS) is 14.7. The number of nitrogens with zero attached hydrogens (tertiary/aromatic N) is 5. The van der Waals surface area contributed by atoms with Crippen LogP contribution in [-0.2, 0) is 0 Å². The van der Waals surface area contributed by atoms with Gasteiger partial charge in [-0.15, -0.1) is 0 Å². The van der Waals surface area contributed by atoms with Crippen molar-refractivity contribution in [2.45, 2.75) is 26.8 Å². The lowest BCUT2D eigenvalue weighted by atomic mass is 10.2. The number of carbonyl (C=O) groups excluding carboxylic acids is 1. The van der Waals surface area contributed by atoms with Gasteiger partial charge in [0.25, 0.3) is 0 Å². The Balaban J connectivity index is 1.39. The summed E-state index contributed by atoms with van der Waals surface area (Å²) in [4.78, 5) is 21.3. The molecule has 1 saturated heterocycles. The second-order valence-corrected chi connectivity index (χ2v) is 7.56. The molecule has 4 rings (SSSR count). The number of rotatable bonds is 3. The molecule has 28 heavy (non-hydrogen) atoms. The molecule has 0 bridgehead atoms. The van der Waals surface area contributed by atoms with E-state index in [0.29, 0.717) is 18.8 Å². The second-order valence-electron chi connectivity index (χ2n) is 7.56.